The third kappa shape index (κ3) is 3.41. The van der Waals surface area contributed by atoms with E-state index in [1.54, 1.807) is 48.5 Å². The second-order valence-corrected chi connectivity index (χ2v) is 9.57. The molecule has 0 radical (unpaired) electrons. The summed E-state index contributed by atoms with van der Waals surface area (Å²) < 4.78 is 99.1. The minimum Gasteiger partial charge on any atom is -0.497 e. The molecule has 40 heavy (non-hydrogen) atoms. The van der Waals surface area contributed by atoms with E-state index >= 15 is 8.63 Å². The van der Waals surface area contributed by atoms with E-state index in [4.69, 9.17) is 18.6 Å². The van der Waals surface area contributed by atoms with E-state index in [9.17, 15) is 13.2 Å². The van der Waals surface area contributed by atoms with Crippen molar-refractivity contribution in [3.05, 3.63) is 100 Å². The third-order valence-electron chi connectivity index (χ3n) is 7.36. The maximum Gasteiger partial charge on any atom is 0.924 e. The predicted octanol–water partition coefficient (Wildman–Crippen LogP) is 4.24. The van der Waals surface area contributed by atoms with Gasteiger partial charge in [-0.05, 0) is 48.5 Å². The van der Waals surface area contributed by atoms with Crippen LogP contribution in [0.25, 0.3) is 23.2 Å². The number of hydrogen-bond acceptors (Lipinski definition) is 4. The van der Waals surface area contributed by atoms with E-state index in [1.807, 2.05) is 0 Å². The molecule has 5 heterocycles. The molecule has 7 rings (SSSR count). The van der Waals surface area contributed by atoms with Crippen molar-refractivity contribution in [1.29, 1.82) is 0 Å². The van der Waals surface area contributed by atoms with Gasteiger partial charge in [0.1, 0.15) is 23.0 Å². The lowest BCUT2D eigenvalue weighted by Gasteiger charge is -2.26. The summed E-state index contributed by atoms with van der Waals surface area (Å²) in [5.41, 5.74) is -1.48. The van der Waals surface area contributed by atoms with Crippen LogP contribution >= 0.6 is 0 Å². The van der Waals surface area contributed by atoms with Crippen LogP contribution in [0.4, 0.5) is 21.8 Å². The summed E-state index contributed by atoms with van der Waals surface area (Å²) >= 11 is 0. The van der Waals surface area contributed by atoms with E-state index in [0.717, 1.165) is 12.2 Å². The first kappa shape index (κ1) is 24.4. The SMILES string of the molecule is COc1ccc(C2=CC3=[N+]4C(=CC3O2)C(C(F)(F)F)=C2C=c3oc(-c5ccc(OC)cc5)cc3=[N+]2[B-]4(F)F)cc1. The van der Waals surface area contributed by atoms with Gasteiger partial charge in [-0.1, -0.05) is 0 Å². The van der Waals surface area contributed by atoms with Crippen molar-refractivity contribution < 1.29 is 44.9 Å². The Balaban J connectivity index is 1.42. The van der Waals surface area contributed by atoms with Crippen LogP contribution in [-0.4, -0.2) is 43.7 Å². The van der Waals surface area contributed by atoms with Crippen molar-refractivity contribution in [3.63, 3.8) is 0 Å². The van der Waals surface area contributed by atoms with Gasteiger partial charge in [0.15, 0.2) is 22.7 Å². The summed E-state index contributed by atoms with van der Waals surface area (Å²) in [6.07, 6.45) is -2.54. The van der Waals surface area contributed by atoms with Crippen molar-refractivity contribution >= 4 is 24.5 Å². The number of halogens is 5. The minimum atomic E-state index is -4.93. The molecule has 0 fully saturated rings. The van der Waals surface area contributed by atoms with Crippen molar-refractivity contribution in [2.75, 3.05) is 14.2 Å². The number of fused-ring (bicyclic) bond motifs is 4. The van der Waals surface area contributed by atoms with Crippen LogP contribution in [0.15, 0.2) is 88.1 Å². The van der Waals surface area contributed by atoms with Gasteiger partial charge in [-0.25, -0.2) is 0 Å². The molecule has 6 nitrogen and oxygen atoms in total. The van der Waals surface area contributed by atoms with Gasteiger partial charge in [-0.3, -0.25) is 8.97 Å². The molecule has 3 aromatic rings. The van der Waals surface area contributed by atoms with Crippen LogP contribution in [-0.2, 0) is 4.74 Å². The number of furan rings is 1. The van der Waals surface area contributed by atoms with E-state index in [1.165, 1.54) is 26.4 Å². The molecule has 0 N–H and O–H groups in total. The van der Waals surface area contributed by atoms with Gasteiger partial charge >= 0.3 is 13.1 Å². The number of allylic oxidation sites excluding steroid dienone is 2. The van der Waals surface area contributed by atoms with Crippen LogP contribution in [0, 0.1) is 0 Å². The Hall–Kier alpha value is -4.61. The van der Waals surface area contributed by atoms with Crippen molar-refractivity contribution in [3.8, 4) is 22.8 Å². The van der Waals surface area contributed by atoms with Gasteiger partial charge < -0.3 is 27.3 Å². The van der Waals surface area contributed by atoms with Crippen molar-refractivity contribution in [2.24, 2.45) is 0 Å². The molecule has 0 spiro atoms. The first-order valence-corrected chi connectivity index (χ1v) is 12.3. The summed E-state index contributed by atoms with van der Waals surface area (Å²) in [6, 6.07) is 14.7. The Morgan fingerprint density at radius 3 is 2.08 bits per heavy atom. The van der Waals surface area contributed by atoms with Gasteiger partial charge in [0, 0.05) is 23.3 Å². The maximum atomic E-state index is 16.4. The lowest BCUT2D eigenvalue weighted by Crippen LogP contribution is -2.60. The Morgan fingerprint density at radius 2 is 1.48 bits per heavy atom. The summed E-state index contributed by atoms with van der Waals surface area (Å²) in [7, 11) is 3.01. The summed E-state index contributed by atoms with van der Waals surface area (Å²) in [4.78, 5) is 0. The number of rotatable bonds is 4. The monoisotopic (exact) mass is 553 g/mol. The molecule has 4 aliphatic rings. The number of nitrogens with zero attached hydrogens (tertiary/aromatic N) is 2. The first-order chi connectivity index (χ1) is 19.1. The topological polar surface area (TPSA) is 46.9 Å². The van der Waals surface area contributed by atoms with E-state index in [-0.39, 0.29) is 28.0 Å². The van der Waals surface area contributed by atoms with Gasteiger partial charge in [0.05, 0.1) is 26.4 Å². The molecule has 202 valence electrons. The Morgan fingerprint density at radius 1 is 0.850 bits per heavy atom. The zero-order chi connectivity index (χ0) is 28.0. The lowest BCUT2D eigenvalue weighted by atomic mass is 9.86. The molecule has 1 unspecified atom stereocenters. The molecule has 0 amide bonds. The minimum absolute atomic E-state index is 0.0704. The molecule has 1 aromatic heterocycles. The normalized spacial score (nSPS) is 20.3. The molecule has 0 saturated carbocycles. The second-order valence-electron chi connectivity index (χ2n) is 9.57. The average Bonchev–Trinajstić information content (AvgIpc) is 3.67. The average molecular weight is 553 g/mol. The van der Waals surface area contributed by atoms with Crippen molar-refractivity contribution in [2.45, 2.75) is 12.3 Å². The Bertz CT molecular complexity index is 1850. The molecule has 0 saturated heterocycles. The van der Waals surface area contributed by atoms with Crippen LogP contribution in [0.1, 0.15) is 5.56 Å². The van der Waals surface area contributed by atoms with Crippen LogP contribution in [0.3, 0.4) is 0 Å². The fourth-order valence-electron chi connectivity index (χ4n) is 5.57. The number of ether oxygens (including phenoxy) is 3. The predicted molar refractivity (Wildman–Crippen MR) is 136 cm³/mol. The fraction of sp³-hybridized carbons (Fsp3) is 0.143. The third-order valence-corrected chi connectivity index (χ3v) is 7.36. The van der Waals surface area contributed by atoms with Crippen molar-refractivity contribution in [1.82, 2.24) is 4.49 Å². The highest BCUT2D eigenvalue weighted by Crippen LogP contribution is 2.45. The zero-order valence-corrected chi connectivity index (χ0v) is 21.0. The summed E-state index contributed by atoms with van der Waals surface area (Å²) in [5.74, 6) is 1.68. The van der Waals surface area contributed by atoms with Crippen LogP contribution in [0.2, 0.25) is 0 Å². The Kier molecular flexibility index (Phi) is 5.01. The number of methoxy groups -OCH3 is 2. The smallest absolute Gasteiger partial charge is 0.497 e. The molecule has 12 heteroatoms. The highest BCUT2D eigenvalue weighted by Gasteiger charge is 2.71. The Labute approximate surface area is 223 Å². The fourth-order valence-corrected chi connectivity index (χ4v) is 5.57. The van der Waals surface area contributed by atoms with Gasteiger partial charge in [-0.2, -0.15) is 13.2 Å². The maximum absolute atomic E-state index is 16.4. The number of benzene rings is 2. The van der Waals surface area contributed by atoms with Gasteiger partial charge in [0.25, 0.3) is 0 Å². The van der Waals surface area contributed by atoms with E-state index in [0.29, 0.717) is 31.6 Å². The molecular weight excluding hydrogens is 534 g/mol. The standard InChI is InChI=1S/C28H19BF5N2O4/c1-37-17-7-3-15(4-8-17)23-11-19-25(39-23)13-21-27(28(30,31)32)22-14-26-20(36(22)29(33,34)35(19)21)12-24(40-26)16-5-9-18(38-2)10-6-16/h3-14,25H,1-2H3/q+1. The molecule has 4 aliphatic heterocycles. The quantitative estimate of drug-likeness (QED) is 0.359. The second kappa shape index (κ2) is 8.20. The van der Waals surface area contributed by atoms with Gasteiger partial charge in [0.2, 0.25) is 16.9 Å². The zero-order valence-electron chi connectivity index (χ0n) is 21.0. The van der Waals surface area contributed by atoms with Crippen LogP contribution in [0.5, 0.6) is 11.5 Å². The van der Waals surface area contributed by atoms with E-state index in [2.05, 4.69) is 0 Å². The first-order valence-electron chi connectivity index (χ1n) is 12.3. The molecule has 2 aromatic carbocycles. The van der Waals surface area contributed by atoms with Crippen LogP contribution < -0.4 is 24.7 Å². The number of hydrogen-bond donors (Lipinski definition) is 0. The summed E-state index contributed by atoms with van der Waals surface area (Å²) in [5, 5.41) is -0.144. The molecule has 0 bridgehead atoms. The highest BCUT2D eigenvalue weighted by atomic mass is 19.4. The summed E-state index contributed by atoms with van der Waals surface area (Å²) in [6.45, 7) is -4.76. The lowest BCUT2D eigenvalue weighted by molar-refractivity contribution is -0.371. The highest BCUT2D eigenvalue weighted by molar-refractivity contribution is 6.58. The largest absolute Gasteiger partial charge is 0.924 e. The van der Waals surface area contributed by atoms with Gasteiger partial charge in [-0.15, -0.1) is 0 Å². The molecule has 1 atom stereocenters. The number of alkyl halides is 3. The molecule has 0 aliphatic carbocycles. The van der Waals surface area contributed by atoms with E-state index < -0.39 is 36.2 Å². The molecular formula is C28H19BF5N2O4+.